The SMILES string of the molecule is COC(=O)COCCOCCCC(=O)COCCOCCNC(=O)OCC1c2ccccc2-c2ccccc21. The van der Waals surface area contributed by atoms with E-state index in [2.05, 4.69) is 34.3 Å². The maximum absolute atomic E-state index is 12.2. The number of alkyl carbamates (subject to hydrolysis) is 1. The lowest BCUT2D eigenvalue weighted by atomic mass is 9.98. The molecule has 1 amide bonds. The summed E-state index contributed by atoms with van der Waals surface area (Å²) < 4.78 is 31.1. The van der Waals surface area contributed by atoms with Gasteiger partial charge in [0, 0.05) is 25.5 Å². The van der Waals surface area contributed by atoms with Crippen LogP contribution < -0.4 is 5.32 Å². The van der Waals surface area contributed by atoms with Crippen LogP contribution in [0.4, 0.5) is 4.79 Å². The van der Waals surface area contributed by atoms with E-state index in [1.165, 1.54) is 29.4 Å². The first-order chi connectivity index (χ1) is 19.1. The Hall–Kier alpha value is -3.31. The molecule has 10 heteroatoms. The number of carbonyl (C=O) groups is 3. The Balaban J connectivity index is 1.14. The molecule has 39 heavy (non-hydrogen) atoms. The quantitative estimate of drug-likeness (QED) is 0.211. The van der Waals surface area contributed by atoms with Crippen molar-refractivity contribution in [3.63, 3.8) is 0 Å². The summed E-state index contributed by atoms with van der Waals surface area (Å²) in [5.41, 5.74) is 4.70. The molecule has 0 bridgehead atoms. The average molecular weight is 544 g/mol. The molecule has 0 aromatic heterocycles. The number of benzene rings is 2. The Bertz CT molecular complexity index is 1010. The van der Waals surface area contributed by atoms with E-state index in [0.29, 0.717) is 45.8 Å². The van der Waals surface area contributed by atoms with Gasteiger partial charge in [0.05, 0.1) is 40.1 Å². The number of nitrogens with one attached hydrogen (secondary N) is 1. The average Bonchev–Trinajstić information content (AvgIpc) is 3.28. The number of Topliss-reactive ketones (excluding diaryl/α,β-unsaturated/α-hetero) is 1. The molecule has 1 N–H and O–H groups in total. The highest BCUT2D eigenvalue weighted by Gasteiger charge is 2.28. The Morgan fingerprint density at radius 1 is 0.744 bits per heavy atom. The van der Waals surface area contributed by atoms with Gasteiger partial charge < -0.3 is 33.7 Å². The molecule has 0 saturated heterocycles. The Morgan fingerprint density at radius 3 is 2.00 bits per heavy atom. The van der Waals surface area contributed by atoms with Crippen molar-refractivity contribution in [3.8, 4) is 11.1 Å². The van der Waals surface area contributed by atoms with Crippen molar-refractivity contribution in [2.75, 3.05) is 73.1 Å². The molecule has 2 aromatic rings. The minimum atomic E-state index is -0.486. The van der Waals surface area contributed by atoms with Crippen molar-refractivity contribution in [2.24, 2.45) is 0 Å². The van der Waals surface area contributed by atoms with Crippen LogP contribution in [0.25, 0.3) is 11.1 Å². The lowest BCUT2D eigenvalue weighted by Gasteiger charge is -2.14. The van der Waals surface area contributed by atoms with Gasteiger partial charge >= 0.3 is 12.1 Å². The normalized spacial score (nSPS) is 12.0. The lowest BCUT2D eigenvalue weighted by molar-refractivity contribution is -0.146. The molecule has 212 valence electrons. The molecule has 1 aliphatic carbocycles. The fourth-order valence-electron chi connectivity index (χ4n) is 4.16. The predicted octanol–water partition coefficient (Wildman–Crippen LogP) is 3.11. The summed E-state index contributed by atoms with van der Waals surface area (Å²) in [4.78, 5) is 34.9. The van der Waals surface area contributed by atoms with Crippen molar-refractivity contribution >= 4 is 17.8 Å². The molecule has 0 heterocycles. The van der Waals surface area contributed by atoms with Crippen LogP contribution >= 0.6 is 0 Å². The van der Waals surface area contributed by atoms with Crippen LogP contribution in [0.5, 0.6) is 0 Å². The van der Waals surface area contributed by atoms with Gasteiger partial charge in [0.15, 0.2) is 5.78 Å². The van der Waals surface area contributed by atoms with E-state index < -0.39 is 12.1 Å². The van der Waals surface area contributed by atoms with Gasteiger partial charge in [-0.15, -0.1) is 0 Å². The summed E-state index contributed by atoms with van der Waals surface area (Å²) in [6.45, 7) is 2.44. The van der Waals surface area contributed by atoms with Crippen molar-refractivity contribution in [2.45, 2.75) is 18.8 Å². The van der Waals surface area contributed by atoms with Gasteiger partial charge in [-0.25, -0.2) is 9.59 Å². The second kappa shape index (κ2) is 17.3. The predicted molar refractivity (Wildman–Crippen MR) is 143 cm³/mol. The van der Waals surface area contributed by atoms with Gasteiger partial charge in [-0.1, -0.05) is 48.5 Å². The summed E-state index contributed by atoms with van der Waals surface area (Å²) >= 11 is 0. The minimum Gasteiger partial charge on any atom is -0.467 e. The summed E-state index contributed by atoms with van der Waals surface area (Å²) in [6, 6.07) is 16.4. The van der Waals surface area contributed by atoms with Crippen LogP contribution in [0.1, 0.15) is 29.9 Å². The van der Waals surface area contributed by atoms with Gasteiger partial charge in [0.25, 0.3) is 0 Å². The van der Waals surface area contributed by atoms with Crippen LogP contribution in [-0.4, -0.2) is 91.0 Å². The monoisotopic (exact) mass is 543 g/mol. The maximum Gasteiger partial charge on any atom is 0.407 e. The fourth-order valence-corrected chi connectivity index (χ4v) is 4.16. The van der Waals surface area contributed by atoms with Crippen molar-refractivity contribution in [3.05, 3.63) is 59.7 Å². The molecule has 10 nitrogen and oxygen atoms in total. The molecule has 3 rings (SSSR count). The molecule has 2 aromatic carbocycles. The number of ether oxygens (including phenoxy) is 6. The molecule has 0 saturated carbocycles. The third-order valence-electron chi connectivity index (χ3n) is 6.06. The number of rotatable bonds is 19. The number of carbonyl (C=O) groups excluding carboxylic acids is 3. The second-order valence-electron chi connectivity index (χ2n) is 8.80. The molecule has 0 spiro atoms. The van der Waals surface area contributed by atoms with Crippen LogP contribution in [0.2, 0.25) is 0 Å². The zero-order valence-corrected chi connectivity index (χ0v) is 22.4. The highest BCUT2D eigenvalue weighted by molar-refractivity contribution is 5.80. The van der Waals surface area contributed by atoms with Crippen molar-refractivity contribution in [1.82, 2.24) is 5.32 Å². The van der Waals surface area contributed by atoms with Crippen LogP contribution in [-0.2, 0) is 38.0 Å². The molecule has 0 unspecified atom stereocenters. The smallest absolute Gasteiger partial charge is 0.407 e. The fraction of sp³-hybridized carbons (Fsp3) is 0.483. The van der Waals surface area contributed by atoms with Crippen LogP contribution in [0.15, 0.2) is 48.5 Å². The number of methoxy groups -OCH3 is 1. The first kappa shape index (κ1) is 30.2. The van der Waals surface area contributed by atoms with E-state index in [9.17, 15) is 14.4 Å². The molecular formula is C29H37NO9. The third kappa shape index (κ3) is 10.4. The van der Waals surface area contributed by atoms with Crippen molar-refractivity contribution in [1.29, 1.82) is 0 Å². The van der Waals surface area contributed by atoms with Gasteiger partial charge in [-0.05, 0) is 28.7 Å². The van der Waals surface area contributed by atoms with Gasteiger partial charge in [-0.3, -0.25) is 4.79 Å². The molecule has 0 atom stereocenters. The van der Waals surface area contributed by atoms with E-state index in [-0.39, 0.29) is 44.7 Å². The number of amides is 1. The first-order valence-electron chi connectivity index (χ1n) is 13.1. The Labute approximate surface area is 228 Å². The van der Waals surface area contributed by atoms with E-state index in [4.69, 9.17) is 23.7 Å². The van der Waals surface area contributed by atoms with Gasteiger partial charge in [0.2, 0.25) is 0 Å². The molecule has 0 radical (unpaired) electrons. The number of fused-ring (bicyclic) bond motifs is 3. The van der Waals surface area contributed by atoms with Gasteiger partial charge in [0.1, 0.15) is 19.8 Å². The number of hydrogen-bond acceptors (Lipinski definition) is 9. The van der Waals surface area contributed by atoms with Gasteiger partial charge in [-0.2, -0.15) is 0 Å². The largest absolute Gasteiger partial charge is 0.467 e. The summed E-state index contributed by atoms with van der Waals surface area (Å²) in [7, 11) is 1.30. The highest BCUT2D eigenvalue weighted by Crippen LogP contribution is 2.44. The van der Waals surface area contributed by atoms with Crippen LogP contribution in [0, 0.1) is 0 Å². The number of esters is 1. The zero-order chi connectivity index (χ0) is 27.7. The summed E-state index contributed by atoms with van der Waals surface area (Å²) in [5.74, 6) is -0.431. The maximum atomic E-state index is 12.2. The van der Waals surface area contributed by atoms with Crippen LogP contribution in [0.3, 0.4) is 0 Å². The first-order valence-corrected chi connectivity index (χ1v) is 13.1. The Morgan fingerprint density at radius 2 is 1.33 bits per heavy atom. The molecule has 0 aliphatic heterocycles. The third-order valence-corrected chi connectivity index (χ3v) is 6.06. The number of ketones is 1. The topological polar surface area (TPSA) is 119 Å². The summed E-state index contributed by atoms with van der Waals surface area (Å²) in [5, 5.41) is 2.69. The highest BCUT2D eigenvalue weighted by atomic mass is 16.6. The Kier molecular flexibility index (Phi) is 13.4. The van der Waals surface area contributed by atoms with E-state index in [1.807, 2.05) is 24.3 Å². The lowest BCUT2D eigenvalue weighted by Crippen LogP contribution is -2.29. The second-order valence-corrected chi connectivity index (χ2v) is 8.80. The zero-order valence-electron chi connectivity index (χ0n) is 22.4. The summed E-state index contributed by atoms with van der Waals surface area (Å²) in [6.07, 6.45) is 0.450. The molecular weight excluding hydrogens is 506 g/mol. The molecule has 0 fully saturated rings. The molecule has 1 aliphatic rings. The number of hydrogen-bond donors (Lipinski definition) is 1. The standard InChI is InChI=1S/C29H37NO9/c1-34-28(32)21-38-18-15-35-13-6-7-22(31)19-37-17-16-36-14-12-30-29(33)39-20-27-25-10-4-2-8-23(25)24-9-3-5-11-26(24)27/h2-5,8-11,27H,6-7,12-21H2,1H3,(H,30,33). The minimum absolute atomic E-state index is 0.0162. The van der Waals surface area contributed by atoms with Crippen molar-refractivity contribution < 1.29 is 42.8 Å². The van der Waals surface area contributed by atoms with E-state index >= 15 is 0 Å². The van der Waals surface area contributed by atoms with E-state index in [0.717, 1.165) is 0 Å². The van der Waals surface area contributed by atoms with E-state index in [1.54, 1.807) is 0 Å².